The van der Waals surface area contributed by atoms with E-state index in [9.17, 15) is 0 Å². The Morgan fingerprint density at radius 3 is 2.62 bits per heavy atom. The van der Waals surface area contributed by atoms with Crippen molar-refractivity contribution in [2.75, 3.05) is 0 Å². The van der Waals surface area contributed by atoms with Crippen LogP contribution in [-0.4, -0.2) is 10.2 Å². The molecule has 0 N–H and O–H groups in total. The van der Waals surface area contributed by atoms with Gasteiger partial charge in [-0.1, -0.05) is 43.7 Å². The van der Waals surface area contributed by atoms with E-state index in [1.165, 1.54) is 11.1 Å². The molecule has 0 spiro atoms. The Labute approximate surface area is 125 Å². The molecule has 0 radical (unpaired) electrons. The first-order chi connectivity index (χ1) is 10.2. The van der Waals surface area contributed by atoms with Crippen LogP contribution in [0.3, 0.4) is 0 Å². The number of benzene rings is 2. The molecule has 2 aromatic carbocycles. The van der Waals surface area contributed by atoms with E-state index in [2.05, 4.69) is 61.3 Å². The third kappa shape index (κ3) is 2.80. The highest BCUT2D eigenvalue weighted by Gasteiger charge is 2.08. The molecule has 0 fully saturated rings. The quantitative estimate of drug-likeness (QED) is 0.663. The highest BCUT2D eigenvalue weighted by molar-refractivity contribution is 5.81. The molecule has 1 aromatic heterocycles. The van der Waals surface area contributed by atoms with E-state index in [1.807, 2.05) is 18.2 Å². The van der Waals surface area contributed by atoms with Gasteiger partial charge in [-0.05, 0) is 49.1 Å². The Hall–Kier alpha value is -2.22. The van der Waals surface area contributed by atoms with Crippen LogP contribution in [0.4, 0.5) is 0 Å². The lowest BCUT2D eigenvalue weighted by Gasteiger charge is -2.12. The lowest BCUT2D eigenvalue weighted by atomic mass is 9.94. The van der Waals surface area contributed by atoms with Gasteiger partial charge in [0.15, 0.2) is 0 Å². The minimum atomic E-state index is 0.567. The summed E-state index contributed by atoms with van der Waals surface area (Å²) in [5.41, 5.74) is 5.70. The SMILES string of the molecule is CCC(C)c1cc(C)cc(-c2cc3ccccc3nn2)c1. The van der Waals surface area contributed by atoms with Crippen LogP contribution in [0.25, 0.3) is 22.2 Å². The van der Waals surface area contributed by atoms with Crippen molar-refractivity contribution in [1.82, 2.24) is 10.2 Å². The number of fused-ring (bicyclic) bond motifs is 1. The van der Waals surface area contributed by atoms with E-state index in [0.717, 1.165) is 28.6 Å². The summed E-state index contributed by atoms with van der Waals surface area (Å²) in [4.78, 5) is 0. The van der Waals surface area contributed by atoms with Crippen molar-refractivity contribution in [2.45, 2.75) is 33.1 Å². The summed E-state index contributed by atoms with van der Waals surface area (Å²) >= 11 is 0. The predicted octanol–water partition coefficient (Wildman–Crippen LogP) is 5.12. The van der Waals surface area contributed by atoms with Crippen LogP contribution in [0.5, 0.6) is 0 Å². The van der Waals surface area contributed by atoms with Crippen molar-refractivity contribution >= 4 is 10.9 Å². The highest BCUT2D eigenvalue weighted by Crippen LogP contribution is 2.27. The number of aryl methyl sites for hydroxylation is 1. The molecule has 0 bridgehead atoms. The molecule has 106 valence electrons. The van der Waals surface area contributed by atoms with E-state index in [0.29, 0.717) is 5.92 Å². The van der Waals surface area contributed by atoms with Crippen LogP contribution in [0.2, 0.25) is 0 Å². The molecule has 3 rings (SSSR count). The Morgan fingerprint density at radius 2 is 1.81 bits per heavy atom. The van der Waals surface area contributed by atoms with Crippen LogP contribution in [-0.2, 0) is 0 Å². The fourth-order valence-electron chi connectivity index (χ4n) is 2.61. The number of hydrogen-bond acceptors (Lipinski definition) is 2. The molecule has 2 heteroatoms. The van der Waals surface area contributed by atoms with Crippen LogP contribution in [0, 0.1) is 6.92 Å². The summed E-state index contributed by atoms with van der Waals surface area (Å²) < 4.78 is 0. The fraction of sp³-hybridized carbons (Fsp3) is 0.263. The molecule has 2 nitrogen and oxygen atoms in total. The van der Waals surface area contributed by atoms with Gasteiger partial charge in [0.25, 0.3) is 0 Å². The second kappa shape index (κ2) is 5.65. The third-order valence-corrected chi connectivity index (χ3v) is 4.07. The maximum atomic E-state index is 4.39. The van der Waals surface area contributed by atoms with Crippen LogP contribution in [0.15, 0.2) is 48.5 Å². The first-order valence-electron chi connectivity index (χ1n) is 7.52. The van der Waals surface area contributed by atoms with Crippen molar-refractivity contribution in [3.05, 3.63) is 59.7 Å². The van der Waals surface area contributed by atoms with Gasteiger partial charge < -0.3 is 0 Å². The third-order valence-electron chi connectivity index (χ3n) is 4.07. The van der Waals surface area contributed by atoms with Crippen molar-refractivity contribution in [2.24, 2.45) is 0 Å². The molecule has 1 atom stereocenters. The Bertz CT molecular complexity index is 777. The number of hydrogen-bond donors (Lipinski definition) is 0. The maximum Gasteiger partial charge on any atom is 0.0936 e. The second-order valence-electron chi connectivity index (χ2n) is 5.73. The predicted molar refractivity (Wildman–Crippen MR) is 88.4 cm³/mol. The monoisotopic (exact) mass is 276 g/mol. The number of nitrogens with zero attached hydrogens (tertiary/aromatic N) is 2. The summed E-state index contributed by atoms with van der Waals surface area (Å²) in [6, 6.07) is 16.9. The normalized spacial score (nSPS) is 12.5. The molecule has 1 heterocycles. The lowest BCUT2D eigenvalue weighted by Crippen LogP contribution is -1.95. The van der Waals surface area contributed by atoms with E-state index >= 15 is 0 Å². The average molecular weight is 276 g/mol. The molecule has 0 amide bonds. The summed E-state index contributed by atoms with van der Waals surface area (Å²) in [6.45, 7) is 6.64. The summed E-state index contributed by atoms with van der Waals surface area (Å²) in [6.07, 6.45) is 1.15. The fourth-order valence-corrected chi connectivity index (χ4v) is 2.61. The van der Waals surface area contributed by atoms with Gasteiger partial charge in [-0.2, -0.15) is 0 Å². The average Bonchev–Trinajstić information content (AvgIpc) is 2.53. The van der Waals surface area contributed by atoms with Crippen LogP contribution < -0.4 is 0 Å². The molecule has 0 aliphatic heterocycles. The second-order valence-corrected chi connectivity index (χ2v) is 5.73. The Kier molecular flexibility index (Phi) is 3.70. The molecular weight excluding hydrogens is 256 g/mol. The van der Waals surface area contributed by atoms with Gasteiger partial charge in [0.05, 0.1) is 11.2 Å². The van der Waals surface area contributed by atoms with Crippen molar-refractivity contribution in [3.8, 4) is 11.3 Å². The first kappa shape index (κ1) is 13.7. The summed E-state index contributed by atoms with van der Waals surface area (Å²) in [5, 5.41) is 9.86. The zero-order valence-corrected chi connectivity index (χ0v) is 12.8. The van der Waals surface area contributed by atoms with Gasteiger partial charge >= 0.3 is 0 Å². The smallest absolute Gasteiger partial charge is 0.0936 e. The van der Waals surface area contributed by atoms with Crippen molar-refractivity contribution < 1.29 is 0 Å². The van der Waals surface area contributed by atoms with Crippen LogP contribution >= 0.6 is 0 Å². The largest absolute Gasteiger partial charge is 0.150 e. The summed E-state index contributed by atoms with van der Waals surface area (Å²) in [7, 11) is 0. The topological polar surface area (TPSA) is 25.8 Å². The van der Waals surface area contributed by atoms with Gasteiger partial charge in [0.2, 0.25) is 0 Å². The van der Waals surface area contributed by atoms with Crippen molar-refractivity contribution in [3.63, 3.8) is 0 Å². The molecular formula is C19H20N2. The van der Waals surface area contributed by atoms with Gasteiger partial charge in [-0.3, -0.25) is 0 Å². The molecule has 0 saturated heterocycles. The standard InChI is InChI=1S/C19H20N2/c1-4-14(3)16-9-13(2)10-17(11-16)19-12-15-7-5-6-8-18(15)20-21-19/h5-12,14H,4H2,1-3H3. The lowest BCUT2D eigenvalue weighted by molar-refractivity contribution is 0.733. The molecule has 0 saturated carbocycles. The minimum Gasteiger partial charge on any atom is -0.150 e. The summed E-state index contributed by atoms with van der Waals surface area (Å²) in [5.74, 6) is 0.567. The van der Waals surface area contributed by atoms with E-state index in [4.69, 9.17) is 0 Å². The van der Waals surface area contributed by atoms with Gasteiger partial charge in [-0.15, -0.1) is 10.2 Å². The van der Waals surface area contributed by atoms with Crippen molar-refractivity contribution in [1.29, 1.82) is 0 Å². The molecule has 0 aliphatic rings. The van der Waals surface area contributed by atoms with Gasteiger partial charge in [0.1, 0.15) is 0 Å². The highest BCUT2D eigenvalue weighted by atomic mass is 15.1. The molecule has 1 unspecified atom stereocenters. The minimum absolute atomic E-state index is 0.567. The zero-order chi connectivity index (χ0) is 14.8. The molecule has 21 heavy (non-hydrogen) atoms. The van der Waals surface area contributed by atoms with Gasteiger partial charge in [-0.25, -0.2) is 0 Å². The number of rotatable bonds is 3. The van der Waals surface area contributed by atoms with Crippen LogP contribution in [0.1, 0.15) is 37.3 Å². The van der Waals surface area contributed by atoms with E-state index < -0.39 is 0 Å². The van der Waals surface area contributed by atoms with Gasteiger partial charge in [0, 0.05) is 10.9 Å². The maximum absolute atomic E-state index is 4.39. The number of aromatic nitrogens is 2. The first-order valence-corrected chi connectivity index (χ1v) is 7.52. The van der Waals surface area contributed by atoms with E-state index in [-0.39, 0.29) is 0 Å². The molecule has 0 aliphatic carbocycles. The Balaban J connectivity index is 2.11. The molecule has 3 aromatic rings. The Morgan fingerprint density at radius 1 is 1.00 bits per heavy atom. The zero-order valence-electron chi connectivity index (χ0n) is 12.8. The van der Waals surface area contributed by atoms with E-state index in [1.54, 1.807) is 0 Å².